The number of amides is 1. The first-order valence-electron chi connectivity index (χ1n) is 10.3. The Hall–Kier alpha value is -2.08. The van der Waals surface area contributed by atoms with Crippen LogP contribution in [0.1, 0.15) is 44.7 Å². The summed E-state index contributed by atoms with van der Waals surface area (Å²) in [7, 11) is 0. The van der Waals surface area contributed by atoms with Crippen LogP contribution < -0.4 is 10.6 Å². The summed E-state index contributed by atoms with van der Waals surface area (Å²) in [6.07, 6.45) is 2.23. The lowest BCUT2D eigenvalue weighted by atomic mass is 10.1. The van der Waals surface area contributed by atoms with Crippen LogP contribution in [0, 0.1) is 0 Å². The van der Waals surface area contributed by atoms with E-state index >= 15 is 0 Å². The standard InChI is InChI=1S/C21H35N5O/c1-4-22-21(24-16-20(27)26-13-9-10-14-26)23-15-18-11-7-8-12-19(18)17-25(5-2)6-3/h7-8,11-12H,4-6,9-10,13-17H2,1-3H3,(H2,22,23,24). The molecule has 2 rings (SSSR count). The predicted octanol–water partition coefficient (Wildman–Crippen LogP) is 2.21. The van der Waals surface area contributed by atoms with Gasteiger partial charge in [0.05, 0.1) is 13.1 Å². The van der Waals surface area contributed by atoms with Crippen molar-refractivity contribution in [2.75, 3.05) is 39.3 Å². The number of benzene rings is 1. The molecule has 0 bridgehead atoms. The number of aliphatic imine (C=N–C) groups is 1. The van der Waals surface area contributed by atoms with Crippen LogP contribution >= 0.6 is 0 Å². The zero-order chi connectivity index (χ0) is 19.5. The van der Waals surface area contributed by atoms with Gasteiger partial charge in [-0.2, -0.15) is 0 Å². The van der Waals surface area contributed by atoms with Gasteiger partial charge in [-0.05, 0) is 44.0 Å². The van der Waals surface area contributed by atoms with E-state index in [4.69, 9.17) is 4.99 Å². The molecule has 0 unspecified atom stereocenters. The lowest BCUT2D eigenvalue weighted by Gasteiger charge is -2.20. The smallest absolute Gasteiger partial charge is 0.241 e. The fourth-order valence-electron chi connectivity index (χ4n) is 3.30. The number of guanidine groups is 1. The second kappa shape index (κ2) is 11.6. The molecule has 0 aromatic heterocycles. The third-order valence-corrected chi connectivity index (χ3v) is 5.02. The summed E-state index contributed by atoms with van der Waals surface area (Å²) < 4.78 is 0. The van der Waals surface area contributed by atoms with Crippen molar-refractivity contribution in [2.45, 2.75) is 46.7 Å². The SMILES string of the molecule is CCNC(=NCc1ccccc1CN(CC)CC)NCC(=O)N1CCCC1. The van der Waals surface area contributed by atoms with Crippen molar-refractivity contribution in [3.8, 4) is 0 Å². The molecule has 1 saturated heterocycles. The molecule has 1 aliphatic heterocycles. The van der Waals surface area contributed by atoms with E-state index in [0.29, 0.717) is 19.0 Å². The molecule has 27 heavy (non-hydrogen) atoms. The number of rotatable bonds is 9. The number of hydrogen-bond donors (Lipinski definition) is 2. The van der Waals surface area contributed by atoms with Crippen LogP contribution in [0.5, 0.6) is 0 Å². The van der Waals surface area contributed by atoms with Crippen LogP contribution in [0.15, 0.2) is 29.3 Å². The summed E-state index contributed by atoms with van der Waals surface area (Å²) in [4.78, 5) is 21.3. The third kappa shape index (κ3) is 6.86. The molecule has 6 heteroatoms. The zero-order valence-electron chi connectivity index (χ0n) is 17.1. The van der Waals surface area contributed by atoms with Crippen LogP contribution in [-0.4, -0.2) is 60.9 Å². The monoisotopic (exact) mass is 373 g/mol. The van der Waals surface area contributed by atoms with Gasteiger partial charge in [0.15, 0.2) is 5.96 Å². The van der Waals surface area contributed by atoms with E-state index in [0.717, 1.165) is 52.1 Å². The summed E-state index contributed by atoms with van der Waals surface area (Å²) in [5.41, 5.74) is 2.54. The molecule has 0 saturated carbocycles. The maximum atomic E-state index is 12.2. The minimum Gasteiger partial charge on any atom is -0.357 e. The van der Waals surface area contributed by atoms with E-state index in [2.05, 4.69) is 53.6 Å². The van der Waals surface area contributed by atoms with Crippen molar-refractivity contribution < 1.29 is 4.79 Å². The number of nitrogens with one attached hydrogen (secondary N) is 2. The molecule has 150 valence electrons. The number of likely N-dealkylation sites (tertiary alicyclic amines) is 1. The second-order valence-corrected chi connectivity index (χ2v) is 6.87. The van der Waals surface area contributed by atoms with Crippen LogP contribution in [0.4, 0.5) is 0 Å². The second-order valence-electron chi connectivity index (χ2n) is 6.87. The molecule has 1 amide bonds. The van der Waals surface area contributed by atoms with Crippen LogP contribution in [-0.2, 0) is 17.9 Å². The van der Waals surface area contributed by atoms with E-state index in [1.54, 1.807) is 0 Å². The number of carbonyl (C=O) groups is 1. The molecule has 1 aromatic carbocycles. The Morgan fingerprint density at radius 2 is 1.74 bits per heavy atom. The molecule has 2 N–H and O–H groups in total. The van der Waals surface area contributed by atoms with Gasteiger partial charge >= 0.3 is 0 Å². The van der Waals surface area contributed by atoms with Crippen molar-refractivity contribution in [2.24, 2.45) is 4.99 Å². The highest BCUT2D eigenvalue weighted by Gasteiger charge is 2.17. The van der Waals surface area contributed by atoms with Gasteiger partial charge in [0.25, 0.3) is 0 Å². The normalized spacial score (nSPS) is 14.7. The van der Waals surface area contributed by atoms with Crippen molar-refractivity contribution in [3.05, 3.63) is 35.4 Å². The van der Waals surface area contributed by atoms with Gasteiger partial charge in [-0.1, -0.05) is 38.1 Å². The Morgan fingerprint density at radius 3 is 2.37 bits per heavy atom. The number of nitrogens with zero attached hydrogens (tertiary/aromatic N) is 3. The highest BCUT2D eigenvalue weighted by molar-refractivity contribution is 5.86. The van der Waals surface area contributed by atoms with Gasteiger partial charge in [0.1, 0.15) is 0 Å². The summed E-state index contributed by atoms with van der Waals surface area (Å²) >= 11 is 0. The maximum absolute atomic E-state index is 12.2. The van der Waals surface area contributed by atoms with Crippen LogP contribution in [0.25, 0.3) is 0 Å². The Balaban J connectivity index is 1.98. The van der Waals surface area contributed by atoms with Crippen molar-refractivity contribution in [1.29, 1.82) is 0 Å². The molecule has 1 aromatic rings. The Kier molecular flexibility index (Phi) is 9.11. The van der Waals surface area contributed by atoms with Gasteiger partial charge in [0.2, 0.25) is 5.91 Å². The highest BCUT2D eigenvalue weighted by Crippen LogP contribution is 2.13. The third-order valence-electron chi connectivity index (χ3n) is 5.02. The summed E-state index contributed by atoms with van der Waals surface area (Å²) in [5, 5.41) is 6.43. The van der Waals surface area contributed by atoms with Crippen LogP contribution in [0.3, 0.4) is 0 Å². The predicted molar refractivity (Wildman–Crippen MR) is 112 cm³/mol. The maximum Gasteiger partial charge on any atom is 0.241 e. The van der Waals surface area contributed by atoms with Crippen LogP contribution in [0.2, 0.25) is 0 Å². The lowest BCUT2D eigenvalue weighted by molar-refractivity contribution is -0.128. The zero-order valence-corrected chi connectivity index (χ0v) is 17.1. The highest BCUT2D eigenvalue weighted by atomic mass is 16.2. The molecule has 1 fully saturated rings. The molecule has 0 radical (unpaired) electrons. The fourth-order valence-corrected chi connectivity index (χ4v) is 3.30. The molecule has 6 nitrogen and oxygen atoms in total. The fraction of sp³-hybridized carbons (Fsp3) is 0.619. The Morgan fingerprint density at radius 1 is 1.07 bits per heavy atom. The van der Waals surface area contributed by atoms with Gasteiger partial charge in [-0.15, -0.1) is 0 Å². The minimum atomic E-state index is 0.153. The first-order valence-corrected chi connectivity index (χ1v) is 10.3. The van der Waals surface area contributed by atoms with Crippen molar-refractivity contribution >= 4 is 11.9 Å². The number of hydrogen-bond acceptors (Lipinski definition) is 3. The van der Waals surface area contributed by atoms with E-state index < -0.39 is 0 Å². The molecular formula is C21H35N5O. The van der Waals surface area contributed by atoms with Crippen molar-refractivity contribution in [1.82, 2.24) is 20.4 Å². The lowest BCUT2D eigenvalue weighted by Crippen LogP contribution is -2.44. The molecule has 0 aliphatic carbocycles. The number of carbonyl (C=O) groups excluding carboxylic acids is 1. The van der Waals surface area contributed by atoms with E-state index in [1.807, 2.05) is 11.8 Å². The summed E-state index contributed by atoms with van der Waals surface area (Å²) in [5.74, 6) is 0.850. The van der Waals surface area contributed by atoms with Gasteiger partial charge < -0.3 is 15.5 Å². The van der Waals surface area contributed by atoms with E-state index in [-0.39, 0.29) is 5.91 Å². The topological polar surface area (TPSA) is 60.0 Å². The Labute approximate surface area is 164 Å². The van der Waals surface area contributed by atoms with Gasteiger partial charge in [-0.3, -0.25) is 9.69 Å². The van der Waals surface area contributed by atoms with E-state index in [9.17, 15) is 4.79 Å². The van der Waals surface area contributed by atoms with E-state index in [1.165, 1.54) is 11.1 Å². The largest absolute Gasteiger partial charge is 0.357 e. The first-order chi connectivity index (χ1) is 13.2. The summed E-state index contributed by atoms with van der Waals surface area (Å²) in [6, 6.07) is 8.47. The molecule has 1 heterocycles. The molecular weight excluding hydrogens is 338 g/mol. The first kappa shape index (κ1) is 21.2. The van der Waals surface area contributed by atoms with Gasteiger partial charge in [-0.25, -0.2) is 4.99 Å². The Bertz CT molecular complexity index is 606. The van der Waals surface area contributed by atoms with Crippen molar-refractivity contribution in [3.63, 3.8) is 0 Å². The molecule has 1 aliphatic rings. The molecule has 0 atom stereocenters. The average Bonchev–Trinajstić information content (AvgIpc) is 3.23. The summed E-state index contributed by atoms with van der Waals surface area (Å²) in [6.45, 7) is 12.9. The minimum absolute atomic E-state index is 0.153. The average molecular weight is 374 g/mol. The molecule has 0 spiro atoms. The quantitative estimate of drug-likeness (QED) is 0.515. The van der Waals surface area contributed by atoms with Gasteiger partial charge in [0, 0.05) is 26.2 Å².